The Kier molecular flexibility index (Phi) is 7.62. The molecule has 3 atom stereocenters. The van der Waals surface area contributed by atoms with E-state index in [2.05, 4.69) is 4.98 Å². The van der Waals surface area contributed by atoms with E-state index in [4.69, 9.17) is 0 Å². The lowest BCUT2D eigenvalue weighted by Gasteiger charge is -2.33. The van der Waals surface area contributed by atoms with Gasteiger partial charge in [0.1, 0.15) is 0 Å². The molecule has 5 nitrogen and oxygen atoms in total. The maximum Gasteiger partial charge on any atom is 0.421 e. The number of thiazole rings is 1. The molecule has 3 rings (SSSR count). The van der Waals surface area contributed by atoms with Gasteiger partial charge in [0.15, 0.2) is 5.60 Å². The van der Waals surface area contributed by atoms with Gasteiger partial charge in [-0.1, -0.05) is 19.1 Å². The first-order valence-corrected chi connectivity index (χ1v) is 11.8. The van der Waals surface area contributed by atoms with Crippen LogP contribution in [0.2, 0.25) is 0 Å². The lowest BCUT2D eigenvalue weighted by Crippen LogP contribution is -2.42. The van der Waals surface area contributed by atoms with Crippen molar-refractivity contribution in [1.82, 2.24) is 9.88 Å². The van der Waals surface area contributed by atoms with Gasteiger partial charge in [0, 0.05) is 28.9 Å². The summed E-state index contributed by atoms with van der Waals surface area (Å²) in [6.45, 7) is 2.69. The summed E-state index contributed by atoms with van der Waals surface area (Å²) in [4.78, 5) is 19.5. The number of halogens is 3. The van der Waals surface area contributed by atoms with E-state index in [1.807, 2.05) is 17.2 Å². The Morgan fingerprint density at radius 1 is 1.25 bits per heavy atom. The first kappa shape index (κ1) is 24.7. The van der Waals surface area contributed by atoms with Crippen LogP contribution >= 0.6 is 11.3 Å². The molecule has 0 saturated heterocycles. The molecule has 2 aromatic rings. The zero-order chi connectivity index (χ0) is 23.5. The maximum absolute atomic E-state index is 13.3. The van der Waals surface area contributed by atoms with Crippen LogP contribution in [0.4, 0.5) is 13.2 Å². The van der Waals surface area contributed by atoms with Gasteiger partial charge in [0.2, 0.25) is 0 Å². The third-order valence-electron chi connectivity index (χ3n) is 6.22. The smallest absolute Gasteiger partial charge is 0.396 e. The SMILES string of the molecule is CCC(CCC(CO)c1cscn1)N(C(=O)c1ccc([C@](C)(O)C(F)(F)F)cc1)C1CC1. The molecule has 176 valence electrons. The number of carbonyl (C=O) groups is 1. The molecule has 2 unspecified atom stereocenters. The minimum absolute atomic E-state index is 0.0157. The Morgan fingerprint density at radius 3 is 2.38 bits per heavy atom. The van der Waals surface area contributed by atoms with Gasteiger partial charge in [-0.25, -0.2) is 4.98 Å². The van der Waals surface area contributed by atoms with Crippen LogP contribution in [0.25, 0.3) is 0 Å². The monoisotopic (exact) mass is 470 g/mol. The fourth-order valence-electron chi connectivity index (χ4n) is 3.92. The number of amides is 1. The fourth-order valence-corrected chi connectivity index (χ4v) is 4.56. The molecule has 1 aromatic heterocycles. The molecular weight excluding hydrogens is 441 g/mol. The van der Waals surface area contributed by atoms with Gasteiger partial charge in [-0.05, 0) is 56.7 Å². The van der Waals surface area contributed by atoms with Crippen LogP contribution in [0.15, 0.2) is 35.2 Å². The van der Waals surface area contributed by atoms with Gasteiger partial charge in [0.05, 0.1) is 17.8 Å². The molecule has 9 heteroatoms. The Labute approximate surface area is 189 Å². The molecule has 32 heavy (non-hydrogen) atoms. The van der Waals surface area contributed by atoms with Crippen LogP contribution in [0.5, 0.6) is 0 Å². The highest BCUT2D eigenvalue weighted by atomic mass is 32.1. The molecule has 1 amide bonds. The number of carbonyl (C=O) groups excluding carboxylic acids is 1. The minimum Gasteiger partial charge on any atom is -0.396 e. The predicted octanol–water partition coefficient (Wildman–Crippen LogP) is 4.85. The third-order valence-corrected chi connectivity index (χ3v) is 6.83. The molecule has 1 aromatic carbocycles. The van der Waals surface area contributed by atoms with E-state index in [-0.39, 0.29) is 36.1 Å². The normalized spacial score (nSPS) is 18.1. The topological polar surface area (TPSA) is 73.7 Å². The largest absolute Gasteiger partial charge is 0.421 e. The van der Waals surface area contributed by atoms with E-state index in [9.17, 15) is 28.2 Å². The molecule has 1 aliphatic rings. The van der Waals surface area contributed by atoms with E-state index < -0.39 is 11.8 Å². The van der Waals surface area contributed by atoms with Gasteiger partial charge in [-0.3, -0.25) is 4.79 Å². The molecule has 2 N–H and O–H groups in total. The van der Waals surface area contributed by atoms with E-state index in [0.717, 1.165) is 37.1 Å². The summed E-state index contributed by atoms with van der Waals surface area (Å²) >= 11 is 1.48. The highest BCUT2D eigenvalue weighted by Crippen LogP contribution is 2.39. The molecule has 1 aliphatic carbocycles. The van der Waals surface area contributed by atoms with Crippen LogP contribution in [-0.4, -0.2) is 50.9 Å². The highest BCUT2D eigenvalue weighted by Gasteiger charge is 2.51. The lowest BCUT2D eigenvalue weighted by atomic mass is 9.93. The first-order chi connectivity index (χ1) is 15.1. The van der Waals surface area contributed by atoms with Gasteiger partial charge < -0.3 is 15.1 Å². The predicted molar refractivity (Wildman–Crippen MR) is 117 cm³/mol. The summed E-state index contributed by atoms with van der Waals surface area (Å²) < 4.78 is 39.3. The quantitative estimate of drug-likeness (QED) is 0.521. The number of hydrogen-bond donors (Lipinski definition) is 2. The van der Waals surface area contributed by atoms with E-state index in [0.29, 0.717) is 25.3 Å². The van der Waals surface area contributed by atoms with Gasteiger partial charge in [-0.2, -0.15) is 13.2 Å². The van der Waals surface area contributed by atoms with Crippen molar-refractivity contribution in [3.8, 4) is 0 Å². The molecule has 0 aliphatic heterocycles. The van der Waals surface area contributed by atoms with E-state index >= 15 is 0 Å². The lowest BCUT2D eigenvalue weighted by molar-refractivity contribution is -0.258. The number of nitrogens with zero attached hydrogens (tertiary/aromatic N) is 2. The Balaban J connectivity index is 1.75. The number of aromatic nitrogens is 1. The number of rotatable bonds is 10. The average Bonchev–Trinajstić information content (AvgIpc) is 3.44. The van der Waals surface area contributed by atoms with Crippen molar-refractivity contribution in [2.45, 2.75) is 75.7 Å². The molecule has 0 radical (unpaired) electrons. The zero-order valence-electron chi connectivity index (χ0n) is 18.2. The Bertz CT molecular complexity index is 881. The van der Waals surface area contributed by atoms with Crippen molar-refractivity contribution >= 4 is 17.2 Å². The molecule has 1 saturated carbocycles. The number of alkyl halides is 3. The summed E-state index contributed by atoms with van der Waals surface area (Å²) in [5.41, 5.74) is -0.402. The fraction of sp³-hybridized carbons (Fsp3) is 0.565. The second kappa shape index (κ2) is 9.89. The summed E-state index contributed by atoms with van der Waals surface area (Å²) in [5.74, 6) is -0.304. The molecule has 0 bridgehead atoms. The summed E-state index contributed by atoms with van der Waals surface area (Å²) in [7, 11) is 0. The third kappa shape index (κ3) is 5.32. The van der Waals surface area contributed by atoms with Crippen LogP contribution in [-0.2, 0) is 5.60 Å². The number of benzene rings is 1. The number of aliphatic hydroxyl groups excluding tert-OH is 1. The zero-order valence-corrected chi connectivity index (χ0v) is 19.0. The summed E-state index contributed by atoms with van der Waals surface area (Å²) in [5, 5.41) is 21.5. The van der Waals surface area contributed by atoms with Gasteiger partial charge in [-0.15, -0.1) is 11.3 Å². The van der Waals surface area contributed by atoms with Crippen molar-refractivity contribution in [3.63, 3.8) is 0 Å². The second-order valence-corrected chi connectivity index (χ2v) is 9.24. The molecule has 0 spiro atoms. The number of hydrogen-bond acceptors (Lipinski definition) is 5. The summed E-state index contributed by atoms with van der Waals surface area (Å²) in [6.07, 6.45) is -0.896. The minimum atomic E-state index is -4.81. The van der Waals surface area contributed by atoms with Crippen LogP contribution in [0.3, 0.4) is 0 Å². The van der Waals surface area contributed by atoms with Crippen molar-refractivity contribution < 1.29 is 28.2 Å². The van der Waals surface area contributed by atoms with Crippen molar-refractivity contribution in [2.75, 3.05) is 6.61 Å². The number of aliphatic hydroxyl groups is 2. The van der Waals surface area contributed by atoms with Crippen molar-refractivity contribution in [2.24, 2.45) is 0 Å². The van der Waals surface area contributed by atoms with Gasteiger partial charge >= 0.3 is 6.18 Å². The van der Waals surface area contributed by atoms with Crippen molar-refractivity contribution in [3.05, 3.63) is 52.0 Å². The molecule has 1 heterocycles. The maximum atomic E-state index is 13.3. The summed E-state index contributed by atoms with van der Waals surface area (Å²) in [6, 6.07) is 5.11. The van der Waals surface area contributed by atoms with Crippen LogP contribution < -0.4 is 0 Å². The van der Waals surface area contributed by atoms with Crippen molar-refractivity contribution in [1.29, 1.82) is 0 Å². The van der Waals surface area contributed by atoms with Crippen LogP contribution in [0, 0.1) is 0 Å². The highest BCUT2D eigenvalue weighted by molar-refractivity contribution is 7.07. The second-order valence-electron chi connectivity index (χ2n) is 8.52. The average molecular weight is 471 g/mol. The van der Waals surface area contributed by atoms with Crippen LogP contribution in [0.1, 0.15) is 73.5 Å². The molecule has 1 fully saturated rings. The molecular formula is C23H29F3N2O3S. The van der Waals surface area contributed by atoms with E-state index in [1.54, 1.807) is 5.51 Å². The standard InChI is InChI=1S/C23H29F3N2O3S/c1-3-18(9-6-16(12-29)20-13-32-14-27-20)28(19-10-11-19)21(30)15-4-7-17(8-5-15)22(2,31)23(24,25)26/h4-5,7-8,13-14,16,18-19,29,31H,3,6,9-12H2,1-2H3/t16?,18?,22-/m0/s1. The van der Waals surface area contributed by atoms with Gasteiger partial charge in [0.25, 0.3) is 5.91 Å². The van der Waals surface area contributed by atoms with E-state index in [1.165, 1.54) is 23.5 Å². The Hall–Kier alpha value is -1.97. The Morgan fingerprint density at radius 2 is 1.91 bits per heavy atom. The first-order valence-electron chi connectivity index (χ1n) is 10.8.